The molecule has 0 radical (unpaired) electrons. The molecule has 0 fully saturated rings. The molecule has 2 aromatic rings. The van der Waals surface area contributed by atoms with E-state index < -0.39 is 11.7 Å². The minimum absolute atomic E-state index is 0.0191. The average Bonchev–Trinajstić information content (AvgIpc) is 2.36. The lowest BCUT2D eigenvalue weighted by atomic mass is 10.2. The largest absolute Gasteiger partial charge is 0.489 e. The van der Waals surface area contributed by atoms with E-state index in [0.717, 1.165) is 22.2 Å². The second-order valence-electron chi connectivity index (χ2n) is 4.20. The molecule has 20 heavy (non-hydrogen) atoms. The Labute approximate surface area is 122 Å². The lowest BCUT2D eigenvalue weighted by Crippen LogP contribution is -2.06. The van der Waals surface area contributed by atoms with Gasteiger partial charge in [-0.25, -0.2) is 0 Å². The van der Waals surface area contributed by atoms with Crippen molar-refractivity contribution in [2.24, 2.45) is 0 Å². The van der Waals surface area contributed by atoms with Gasteiger partial charge >= 0.3 is 6.18 Å². The molecule has 2 rings (SSSR count). The molecular formula is C14H11BrF3NO. The Bertz CT molecular complexity index is 596. The van der Waals surface area contributed by atoms with Crippen molar-refractivity contribution < 1.29 is 17.9 Å². The van der Waals surface area contributed by atoms with Crippen molar-refractivity contribution in [2.75, 3.05) is 5.73 Å². The Morgan fingerprint density at radius 1 is 1.05 bits per heavy atom. The van der Waals surface area contributed by atoms with Gasteiger partial charge in [0.2, 0.25) is 0 Å². The van der Waals surface area contributed by atoms with E-state index in [0.29, 0.717) is 0 Å². The molecule has 0 aliphatic heterocycles. The fourth-order valence-electron chi connectivity index (χ4n) is 1.62. The number of halogens is 4. The number of ether oxygens (including phenoxy) is 1. The van der Waals surface area contributed by atoms with Gasteiger partial charge in [-0.1, -0.05) is 28.1 Å². The summed E-state index contributed by atoms with van der Waals surface area (Å²) in [7, 11) is 0. The molecular weight excluding hydrogens is 335 g/mol. The second kappa shape index (κ2) is 5.75. The summed E-state index contributed by atoms with van der Waals surface area (Å²) in [6.45, 7) is 0.175. The van der Waals surface area contributed by atoms with E-state index in [4.69, 9.17) is 10.5 Å². The quantitative estimate of drug-likeness (QED) is 0.823. The molecule has 0 saturated carbocycles. The van der Waals surface area contributed by atoms with E-state index >= 15 is 0 Å². The average molecular weight is 346 g/mol. The van der Waals surface area contributed by atoms with Gasteiger partial charge in [-0.2, -0.15) is 13.2 Å². The molecule has 106 valence electrons. The number of nitrogen functional groups attached to an aromatic ring is 1. The molecule has 0 heterocycles. The standard InChI is InChI=1S/C14H11BrF3NO/c15-11-3-1-9(2-4-11)8-20-13-6-10(14(16,17)18)5-12(19)7-13/h1-7H,8,19H2. The fraction of sp³-hybridized carbons (Fsp3) is 0.143. The van der Waals surface area contributed by atoms with Gasteiger partial charge in [0.15, 0.2) is 0 Å². The predicted octanol–water partition coefficient (Wildman–Crippen LogP) is 4.63. The number of hydrogen-bond acceptors (Lipinski definition) is 2. The minimum atomic E-state index is -4.44. The van der Waals surface area contributed by atoms with Gasteiger partial charge in [-0.15, -0.1) is 0 Å². The number of benzene rings is 2. The predicted molar refractivity (Wildman–Crippen MR) is 74.3 cm³/mol. The zero-order valence-corrected chi connectivity index (χ0v) is 11.8. The minimum Gasteiger partial charge on any atom is -0.489 e. The van der Waals surface area contributed by atoms with Crippen LogP contribution in [0, 0.1) is 0 Å². The Hall–Kier alpha value is -1.69. The zero-order chi connectivity index (χ0) is 14.8. The molecule has 0 spiro atoms. The molecule has 0 amide bonds. The van der Waals surface area contributed by atoms with Crippen molar-refractivity contribution in [3.05, 3.63) is 58.1 Å². The number of anilines is 1. The van der Waals surface area contributed by atoms with Crippen LogP contribution in [0.15, 0.2) is 46.9 Å². The maximum absolute atomic E-state index is 12.6. The molecule has 2 N–H and O–H groups in total. The van der Waals surface area contributed by atoms with Crippen LogP contribution in [0.4, 0.5) is 18.9 Å². The van der Waals surface area contributed by atoms with Crippen molar-refractivity contribution in [3.63, 3.8) is 0 Å². The maximum atomic E-state index is 12.6. The lowest BCUT2D eigenvalue weighted by Gasteiger charge is -2.12. The van der Waals surface area contributed by atoms with Gasteiger partial charge in [0, 0.05) is 16.2 Å². The van der Waals surface area contributed by atoms with Gasteiger partial charge in [-0.3, -0.25) is 0 Å². The number of alkyl halides is 3. The van der Waals surface area contributed by atoms with E-state index in [2.05, 4.69) is 15.9 Å². The first-order valence-electron chi connectivity index (χ1n) is 5.69. The van der Waals surface area contributed by atoms with Crippen LogP contribution in [-0.4, -0.2) is 0 Å². The monoisotopic (exact) mass is 345 g/mol. The van der Waals surface area contributed by atoms with Crippen LogP contribution >= 0.6 is 15.9 Å². The molecule has 0 atom stereocenters. The third-order valence-electron chi connectivity index (χ3n) is 2.57. The highest BCUT2D eigenvalue weighted by atomic mass is 79.9. The third-order valence-corrected chi connectivity index (χ3v) is 3.10. The molecule has 6 heteroatoms. The summed E-state index contributed by atoms with van der Waals surface area (Å²) in [5.41, 5.74) is 5.51. The normalized spacial score (nSPS) is 11.4. The first-order valence-corrected chi connectivity index (χ1v) is 6.49. The zero-order valence-electron chi connectivity index (χ0n) is 10.2. The topological polar surface area (TPSA) is 35.2 Å². The summed E-state index contributed by atoms with van der Waals surface area (Å²) in [5.74, 6) is 0.0974. The van der Waals surface area contributed by atoms with Crippen LogP contribution in [-0.2, 0) is 12.8 Å². The smallest absolute Gasteiger partial charge is 0.416 e. The first-order chi connectivity index (χ1) is 9.34. The molecule has 0 unspecified atom stereocenters. The highest BCUT2D eigenvalue weighted by molar-refractivity contribution is 9.10. The Morgan fingerprint density at radius 2 is 1.70 bits per heavy atom. The van der Waals surface area contributed by atoms with E-state index in [-0.39, 0.29) is 18.0 Å². The summed E-state index contributed by atoms with van der Waals surface area (Å²) < 4.78 is 44.2. The molecule has 0 aromatic heterocycles. The van der Waals surface area contributed by atoms with Crippen molar-refractivity contribution in [2.45, 2.75) is 12.8 Å². The summed E-state index contributed by atoms with van der Waals surface area (Å²) in [6.07, 6.45) is -4.44. The Morgan fingerprint density at radius 3 is 2.30 bits per heavy atom. The van der Waals surface area contributed by atoms with Crippen molar-refractivity contribution >= 4 is 21.6 Å². The van der Waals surface area contributed by atoms with Crippen LogP contribution in [0.2, 0.25) is 0 Å². The number of rotatable bonds is 3. The molecule has 0 saturated heterocycles. The first kappa shape index (κ1) is 14.7. The lowest BCUT2D eigenvalue weighted by molar-refractivity contribution is -0.137. The number of nitrogens with two attached hydrogens (primary N) is 1. The van der Waals surface area contributed by atoms with E-state index in [1.807, 2.05) is 24.3 Å². The summed E-state index contributed by atoms with van der Waals surface area (Å²) >= 11 is 3.30. The SMILES string of the molecule is Nc1cc(OCc2ccc(Br)cc2)cc(C(F)(F)F)c1. The van der Waals surface area contributed by atoms with Crippen LogP contribution in [0.25, 0.3) is 0 Å². The van der Waals surface area contributed by atoms with Crippen molar-refractivity contribution in [1.29, 1.82) is 0 Å². The highest BCUT2D eigenvalue weighted by Crippen LogP contribution is 2.33. The Kier molecular flexibility index (Phi) is 4.23. The van der Waals surface area contributed by atoms with Crippen molar-refractivity contribution in [3.8, 4) is 5.75 Å². The second-order valence-corrected chi connectivity index (χ2v) is 5.12. The fourth-order valence-corrected chi connectivity index (χ4v) is 1.88. The van der Waals surface area contributed by atoms with Gasteiger partial charge in [0.05, 0.1) is 5.56 Å². The van der Waals surface area contributed by atoms with Crippen LogP contribution < -0.4 is 10.5 Å². The highest BCUT2D eigenvalue weighted by Gasteiger charge is 2.31. The van der Waals surface area contributed by atoms with Crippen LogP contribution in [0.5, 0.6) is 5.75 Å². The maximum Gasteiger partial charge on any atom is 0.416 e. The third kappa shape index (κ3) is 3.90. The van der Waals surface area contributed by atoms with Gasteiger partial charge < -0.3 is 10.5 Å². The molecule has 0 bridgehead atoms. The van der Waals surface area contributed by atoms with Gasteiger partial charge in [0.25, 0.3) is 0 Å². The van der Waals surface area contributed by atoms with E-state index in [1.165, 1.54) is 6.07 Å². The summed E-state index contributed by atoms with van der Waals surface area (Å²) in [5, 5.41) is 0. The van der Waals surface area contributed by atoms with Crippen molar-refractivity contribution in [1.82, 2.24) is 0 Å². The van der Waals surface area contributed by atoms with Gasteiger partial charge in [0.1, 0.15) is 12.4 Å². The summed E-state index contributed by atoms with van der Waals surface area (Å²) in [6, 6.07) is 10.5. The Balaban J connectivity index is 2.13. The van der Waals surface area contributed by atoms with Crippen LogP contribution in [0.3, 0.4) is 0 Å². The van der Waals surface area contributed by atoms with Gasteiger partial charge in [-0.05, 0) is 29.8 Å². The summed E-state index contributed by atoms with van der Waals surface area (Å²) in [4.78, 5) is 0. The molecule has 2 nitrogen and oxygen atoms in total. The molecule has 0 aliphatic rings. The molecule has 2 aromatic carbocycles. The van der Waals surface area contributed by atoms with Crippen LogP contribution in [0.1, 0.15) is 11.1 Å². The van der Waals surface area contributed by atoms with E-state index in [1.54, 1.807) is 0 Å². The molecule has 0 aliphatic carbocycles. The van der Waals surface area contributed by atoms with E-state index in [9.17, 15) is 13.2 Å². The number of hydrogen-bond donors (Lipinski definition) is 1.